The molecule has 25 heavy (non-hydrogen) atoms. The molecule has 0 amide bonds. The van der Waals surface area contributed by atoms with Gasteiger partial charge in [0.1, 0.15) is 23.9 Å². The van der Waals surface area contributed by atoms with Crippen molar-refractivity contribution >= 4 is 29.9 Å². The van der Waals surface area contributed by atoms with Crippen LogP contribution in [0.3, 0.4) is 0 Å². The minimum absolute atomic E-state index is 0. The molecule has 2 aromatic rings. The van der Waals surface area contributed by atoms with Crippen LogP contribution >= 0.6 is 24.0 Å². The number of aromatic nitrogens is 3. The van der Waals surface area contributed by atoms with Crippen molar-refractivity contribution in [2.24, 2.45) is 12.0 Å². The standard InChI is InChI=1S/C16H24N6O2.HI/c1-12-20-21-15(22(12)3)11-19-16(17-2)18-9-10-24-14-7-5-13(23-4)6-8-14;/h5-8H,9-11H2,1-4H3,(H2,17,18,19);1H. The van der Waals surface area contributed by atoms with Gasteiger partial charge in [-0.15, -0.1) is 34.2 Å². The Hall–Kier alpha value is -2.04. The predicted molar refractivity (Wildman–Crippen MR) is 108 cm³/mol. The Morgan fingerprint density at radius 1 is 1.16 bits per heavy atom. The summed E-state index contributed by atoms with van der Waals surface area (Å²) >= 11 is 0. The molecule has 0 fully saturated rings. The number of halogens is 1. The molecule has 0 spiro atoms. The van der Waals surface area contributed by atoms with Crippen molar-refractivity contribution in [3.8, 4) is 11.5 Å². The smallest absolute Gasteiger partial charge is 0.191 e. The number of methoxy groups -OCH3 is 1. The van der Waals surface area contributed by atoms with Crippen molar-refractivity contribution < 1.29 is 9.47 Å². The van der Waals surface area contributed by atoms with E-state index in [1.54, 1.807) is 14.2 Å². The maximum absolute atomic E-state index is 5.66. The van der Waals surface area contributed by atoms with E-state index in [2.05, 4.69) is 25.8 Å². The molecule has 2 N–H and O–H groups in total. The van der Waals surface area contributed by atoms with Gasteiger partial charge in [0.15, 0.2) is 11.8 Å². The fourth-order valence-electron chi connectivity index (χ4n) is 2.00. The number of rotatable bonds is 7. The second kappa shape index (κ2) is 10.7. The first-order valence-electron chi connectivity index (χ1n) is 7.70. The summed E-state index contributed by atoms with van der Waals surface area (Å²) in [5, 5.41) is 14.5. The summed E-state index contributed by atoms with van der Waals surface area (Å²) in [4.78, 5) is 4.17. The minimum atomic E-state index is 0. The van der Waals surface area contributed by atoms with Crippen molar-refractivity contribution in [3.63, 3.8) is 0 Å². The molecule has 0 radical (unpaired) electrons. The second-order valence-electron chi connectivity index (χ2n) is 5.10. The van der Waals surface area contributed by atoms with E-state index in [4.69, 9.17) is 9.47 Å². The van der Waals surface area contributed by atoms with Gasteiger partial charge in [0, 0.05) is 14.1 Å². The number of aryl methyl sites for hydroxylation is 1. The monoisotopic (exact) mass is 460 g/mol. The number of guanidine groups is 1. The lowest BCUT2D eigenvalue weighted by Gasteiger charge is -2.12. The number of benzene rings is 1. The van der Waals surface area contributed by atoms with Crippen LogP contribution in [0.1, 0.15) is 11.6 Å². The highest BCUT2D eigenvalue weighted by atomic mass is 127. The Balaban J connectivity index is 0.00000312. The lowest BCUT2D eigenvalue weighted by molar-refractivity contribution is 0.321. The predicted octanol–water partition coefficient (Wildman–Crippen LogP) is 1.49. The van der Waals surface area contributed by atoms with Gasteiger partial charge in [0.2, 0.25) is 0 Å². The highest BCUT2D eigenvalue weighted by Crippen LogP contribution is 2.16. The first-order chi connectivity index (χ1) is 11.6. The van der Waals surface area contributed by atoms with E-state index in [0.717, 1.165) is 23.1 Å². The third kappa shape index (κ3) is 6.40. The average Bonchev–Trinajstić information content (AvgIpc) is 2.93. The number of nitrogens with one attached hydrogen (secondary N) is 2. The minimum Gasteiger partial charge on any atom is -0.497 e. The van der Waals surface area contributed by atoms with Crippen LogP contribution in [0.2, 0.25) is 0 Å². The Bertz CT molecular complexity index is 672. The molecule has 0 saturated heterocycles. The second-order valence-corrected chi connectivity index (χ2v) is 5.10. The highest BCUT2D eigenvalue weighted by molar-refractivity contribution is 14.0. The summed E-state index contributed by atoms with van der Waals surface area (Å²) in [7, 11) is 5.30. The molecule has 0 unspecified atom stereocenters. The molecule has 9 heteroatoms. The van der Waals surface area contributed by atoms with Crippen LogP contribution in [0, 0.1) is 6.92 Å². The summed E-state index contributed by atoms with van der Waals surface area (Å²) in [5.41, 5.74) is 0. The van der Waals surface area contributed by atoms with Gasteiger partial charge in [-0.1, -0.05) is 0 Å². The van der Waals surface area contributed by atoms with Crippen molar-refractivity contribution in [1.29, 1.82) is 0 Å². The summed E-state index contributed by atoms with van der Waals surface area (Å²) in [6, 6.07) is 7.49. The summed E-state index contributed by atoms with van der Waals surface area (Å²) < 4.78 is 12.7. The van der Waals surface area contributed by atoms with E-state index in [1.807, 2.05) is 42.8 Å². The molecular formula is C16H25IN6O2. The number of ether oxygens (including phenoxy) is 2. The number of aliphatic imine (C=N–C) groups is 1. The van der Waals surface area contributed by atoms with E-state index < -0.39 is 0 Å². The molecule has 138 valence electrons. The van der Waals surface area contributed by atoms with Crippen LogP contribution < -0.4 is 20.1 Å². The molecule has 0 aliphatic heterocycles. The molecule has 1 aromatic heterocycles. The maximum atomic E-state index is 5.66. The molecule has 0 atom stereocenters. The lowest BCUT2D eigenvalue weighted by Crippen LogP contribution is -2.39. The largest absolute Gasteiger partial charge is 0.497 e. The highest BCUT2D eigenvalue weighted by Gasteiger charge is 2.05. The van der Waals surface area contributed by atoms with Gasteiger partial charge in [-0.25, -0.2) is 0 Å². The zero-order valence-corrected chi connectivity index (χ0v) is 17.3. The quantitative estimate of drug-likeness (QED) is 0.282. The Kier molecular flexibility index (Phi) is 9.03. The Morgan fingerprint density at radius 3 is 2.40 bits per heavy atom. The Labute approximate surface area is 165 Å². The zero-order valence-electron chi connectivity index (χ0n) is 14.9. The van der Waals surface area contributed by atoms with Gasteiger partial charge in [-0.05, 0) is 31.2 Å². The first kappa shape index (κ1) is 21.0. The van der Waals surface area contributed by atoms with E-state index in [1.165, 1.54) is 0 Å². The van der Waals surface area contributed by atoms with E-state index >= 15 is 0 Å². The summed E-state index contributed by atoms with van der Waals surface area (Å²) in [6.45, 7) is 3.62. The number of hydrogen-bond acceptors (Lipinski definition) is 5. The zero-order chi connectivity index (χ0) is 17.4. The molecule has 2 rings (SSSR count). The van der Waals surface area contributed by atoms with Crippen molar-refractivity contribution in [3.05, 3.63) is 35.9 Å². The molecule has 0 bridgehead atoms. The molecule has 1 heterocycles. The molecule has 1 aromatic carbocycles. The molecule has 0 aliphatic rings. The van der Waals surface area contributed by atoms with Gasteiger partial charge < -0.3 is 24.7 Å². The van der Waals surface area contributed by atoms with Crippen LogP contribution in [0.15, 0.2) is 29.3 Å². The van der Waals surface area contributed by atoms with Crippen molar-refractivity contribution in [1.82, 2.24) is 25.4 Å². The van der Waals surface area contributed by atoms with E-state index in [-0.39, 0.29) is 24.0 Å². The molecule has 8 nitrogen and oxygen atoms in total. The van der Waals surface area contributed by atoms with Crippen LogP contribution in [0.4, 0.5) is 0 Å². The van der Waals surface area contributed by atoms with Crippen molar-refractivity contribution in [2.75, 3.05) is 27.3 Å². The third-order valence-corrected chi connectivity index (χ3v) is 3.54. The molecule has 0 saturated carbocycles. The van der Waals surface area contributed by atoms with Gasteiger partial charge in [-0.3, -0.25) is 4.99 Å². The van der Waals surface area contributed by atoms with Crippen LogP contribution in [0.25, 0.3) is 0 Å². The fraction of sp³-hybridized carbons (Fsp3) is 0.438. The number of hydrogen-bond donors (Lipinski definition) is 2. The van der Waals surface area contributed by atoms with Crippen LogP contribution in [0.5, 0.6) is 11.5 Å². The number of nitrogens with zero attached hydrogens (tertiary/aromatic N) is 4. The van der Waals surface area contributed by atoms with E-state index in [9.17, 15) is 0 Å². The molecular weight excluding hydrogens is 435 g/mol. The normalized spacial score (nSPS) is 10.8. The van der Waals surface area contributed by atoms with Crippen LogP contribution in [-0.2, 0) is 13.6 Å². The SMILES string of the molecule is CN=C(NCCOc1ccc(OC)cc1)NCc1nnc(C)n1C.I. The summed E-state index contributed by atoms with van der Waals surface area (Å²) in [5.74, 6) is 4.03. The third-order valence-electron chi connectivity index (χ3n) is 3.54. The lowest BCUT2D eigenvalue weighted by atomic mass is 10.3. The van der Waals surface area contributed by atoms with E-state index in [0.29, 0.717) is 25.7 Å². The average molecular weight is 460 g/mol. The van der Waals surface area contributed by atoms with Crippen LogP contribution in [-0.4, -0.2) is 48.0 Å². The van der Waals surface area contributed by atoms with Crippen molar-refractivity contribution in [2.45, 2.75) is 13.5 Å². The fourth-order valence-corrected chi connectivity index (χ4v) is 2.00. The van der Waals surface area contributed by atoms with Gasteiger partial charge in [-0.2, -0.15) is 0 Å². The molecule has 0 aliphatic carbocycles. The summed E-state index contributed by atoms with van der Waals surface area (Å²) in [6.07, 6.45) is 0. The topological polar surface area (TPSA) is 85.6 Å². The van der Waals surface area contributed by atoms with Gasteiger partial charge in [0.25, 0.3) is 0 Å². The Morgan fingerprint density at radius 2 is 1.84 bits per heavy atom. The first-order valence-corrected chi connectivity index (χ1v) is 7.70. The maximum Gasteiger partial charge on any atom is 0.191 e. The van der Waals surface area contributed by atoms with Gasteiger partial charge in [0.05, 0.1) is 20.2 Å². The van der Waals surface area contributed by atoms with Gasteiger partial charge >= 0.3 is 0 Å².